The third-order valence-corrected chi connectivity index (χ3v) is 4.34. The first-order valence-corrected chi connectivity index (χ1v) is 8.18. The highest BCUT2D eigenvalue weighted by Gasteiger charge is 2.28. The number of hydrogen-bond acceptors (Lipinski definition) is 4. The van der Waals surface area contributed by atoms with Crippen molar-refractivity contribution in [3.8, 4) is 6.07 Å². The van der Waals surface area contributed by atoms with Crippen molar-refractivity contribution in [1.82, 2.24) is 9.88 Å². The van der Waals surface area contributed by atoms with Gasteiger partial charge in [-0.2, -0.15) is 5.26 Å². The summed E-state index contributed by atoms with van der Waals surface area (Å²) in [4.78, 5) is 20.8. The number of piperidine rings is 1. The van der Waals surface area contributed by atoms with Crippen LogP contribution in [0.15, 0.2) is 18.3 Å². The third kappa shape index (κ3) is 4.44. The highest BCUT2D eigenvalue weighted by atomic mass is 16.2. The summed E-state index contributed by atoms with van der Waals surface area (Å²) in [5.74, 6) is 1.68. The van der Waals surface area contributed by atoms with Crippen molar-refractivity contribution in [1.29, 1.82) is 5.26 Å². The first kappa shape index (κ1) is 17.3. The van der Waals surface area contributed by atoms with E-state index in [9.17, 15) is 4.79 Å². The van der Waals surface area contributed by atoms with E-state index >= 15 is 0 Å². The van der Waals surface area contributed by atoms with E-state index in [4.69, 9.17) is 5.26 Å². The van der Waals surface area contributed by atoms with Crippen molar-refractivity contribution in [3.63, 3.8) is 0 Å². The molecule has 0 radical (unpaired) electrons. The molecule has 1 saturated heterocycles. The van der Waals surface area contributed by atoms with E-state index in [2.05, 4.69) is 16.0 Å². The molecule has 0 unspecified atom stereocenters. The van der Waals surface area contributed by atoms with Crippen molar-refractivity contribution in [3.05, 3.63) is 23.9 Å². The Bertz CT molecular complexity index is 575. The molecular weight excluding hydrogens is 288 g/mol. The van der Waals surface area contributed by atoms with Crippen molar-refractivity contribution < 1.29 is 4.79 Å². The number of amides is 1. The molecule has 1 amide bonds. The fraction of sp³-hybridized carbons (Fsp3) is 0.611. The Balaban J connectivity index is 1.86. The molecule has 0 bridgehead atoms. The Morgan fingerprint density at radius 2 is 2.04 bits per heavy atom. The largest absolute Gasteiger partial charge is 0.357 e. The number of carbonyl (C=O) groups is 1. The second-order valence-corrected chi connectivity index (χ2v) is 7.38. The highest BCUT2D eigenvalue weighted by Crippen LogP contribution is 2.24. The standard InChI is InChI=1S/C18H26N4O/c1-18(2,3)17(23)21(4)13-14-7-9-22(10-8-14)16-6-5-15(11-19)12-20-16/h5-6,12,14H,7-10,13H2,1-4H3. The summed E-state index contributed by atoms with van der Waals surface area (Å²) < 4.78 is 0. The Kier molecular flexibility index (Phi) is 5.25. The topological polar surface area (TPSA) is 60.2 Å². The minimum atomic E-state index is -0.318. The molecule has 0 spiro atoms. The van der Waals surface area contributed by atoms with Crippen molar-refractivity contribution in [2.45, 2.75) is 33.6 Å². The van der Waals surface area contributed by atoms with Gasteiger partial charge < -0.3 is 9.80 Å². The molecule has 0 aromatic carbocycles. The predicted molar refractivity (Wildman–Crippen MR) is 91.0 cm³/mol. The number of aromatic nitrogens is 1. The van der Waals surface area contributed by atoms with Crippen LogP contribution < -0.4 is 4.90 Å². The number of anilines is 1. The van der Waals surface area contributed by atoms with E-state index in [1.54, 1.807) is 6.20 Å². The van der Waals surface area contributed by atoms with Crippen molar-refractivity contribution >= 4 is 11.7 Å². The molecule has 1 aromatic heterocycles. The molecular formula is C18H26N4O. The maximum absolute atomic E-state index is 12.3. The summed E-state index contributed by atoms with van der Waals surface area (Å²) >= 11 is 0. The maximum Gasteiger partial charge on any atom is 0.227 e. The van der Waals surface area contributed by atoms with Gasteiger partial charge in [0.2, 0.25) is 5.91 Å². The summed E-state index contributed by atoms with van der Waals surface area (Å²) in [7, 11) is 1.90. The number of nitrogens with zero attached hydrogens (tertiary/aromatic N) is 4. The molecule has 5 heteroatoms. The number of nitriles is 1. The lowest BCUT2D eigenvalue weighted by atomic mass is 9.92. The van der Waals surface area contributed by atoms with Crippen LogP contribution >= 0.6 is 0 Å². The Morgan fingerprint density at radius 3 is 2.52 bits per heavy atom. The summed E-state index contributed by atoms with van der Waals surface area (Å²) in [6.45, 7) is 8.61. The van der Waals surface area contributed by atoms with Crippen LogP contribution in [0.1, 0.15) is 39.2 Å². The normalized spacial score (nSPS) is 16.0. The van der Waals surface area contributed by atoms with Crippen molar-refractivity contribution in [2.75, 3.05) is 31.6 Å². The molecule has 1 aliphatic heterocycles. The molecule has 2 rings (SSSR count). The molecule has 2 heterocycles. The molecule has 0 N–H and O–H groups in total. The Labute approximate surface area is 138 Å². The van der Waals surface area contributed by atoms with Gasteiger partial charge in [-0.3, -0.25) is 4.79 Å². The lowest BCUT2D eigenvalue weighted by Gasteiger charge is -2.35. The fourth-order valence-electron chi connectivity index (χ4n) is 3.03. The van der Waals surface area contributed by atoms with Crippen LogP contribution in [0.25, 0.3) is 0 Å². The van der Waals surface area contributed by atoms with E-state index in [0.717, 1.165) is 38.3 Å². The first-order chi connectivity index (χ1) is 10.8. The van der Waals surface area contributed by atoms with Gasteiger partial charge in [-0.15, -0.1) is 0 Å². The number of pyridine rings is 1. The van der Waals surface area contributed by atoms with Gasteiger partial charge in [0.1, 0.15) is 11.9 Å². The summed E-state index contributed by atoms with van der Waals surface area (Å²) in [6.07, 6.45) is 3.74. The molecule has 124 valence electrons. The van der Waals surface area contributed by atoms with Crippen LogP contribution in [0.5, 0.6) is 0 Å². The van der Waals surface area contributed by atoms with Crippen LogP contribution in [0.4, 0.5) is 5.82 Å². The average molecular weight is 314 g/mol. The zero-order valence-electron chi connectivity index (χ0n) is 14.5. The molecule has 1 aromatic rings. The van der Waals surface area contributed by atoms with E-state index in [-0.39, 0.29) is 11.3 Å². The lowest BCUT2D eigenvalue weighted by Crippen LogP contribution is -2.42. The van der Waals surface area contributed by atoms with E-state index in [0.29, 0.717) is 11.5 Å². The van der Waals surface area contributed by atoms with Gasteiger partial charge in [0, 0.05) is 38.3 Å². The van der Waals surface area contributed by atoms with Crippen molar-refractivity contribution in [2.24, 2.45) is 11.3 Å². The van der Waals surface area contributed by atoms with Crippen LogP contribution in [0.3, 0.4) is 0 Å². The zero-order valence-corrected chi connectivity index (χ0v) is 14.5. The molecule has 0 saturated carbocycles. The van der Waals surface area contributed by atoms with Gasteiger partial charge in [0.05, 0.1) is 5.56 Å². The number of carbonyl (C=O) groups excluding carboxylic acids is 1. The van der Waals surface area contributed by atoms with E-state index < -0.39 is 0 Å². The fourth-order valence-corrected chi connectivity index (χ4v) is 3.03. The van der Waals surface area contributed by atoms with Gasteiger partial charge >= 0.3 is 0 Å². The maximum atomic E-state index is 12.3. The molecule has 0 aliphatic carbocycles. The molecule has 23 heavy (non-hydrogen) atoms. The molecule has 1 fully saturated rings. The lowest BCUT2D eigenvalue weighted by molar-refractivity contribution is -0.138. The van der Waals surface area contributed by atoms with Gasteiger partial charge in [0.25, 0.3) is 0 Å². The smallest absolute Gasteiger partial charge is 0.227 e. The van der Waals surface area contributed by atoms with Gasteiger partial charge in [-0.25, -0.2) is 4.98 Å². The minimum absolute atomic E-state index is 0.202. The summed E-state index contributed by atoms with van der Waals surface area (Å²) in [6, 6.07) is 5.81. The van der Waals surface area contributed by atoms with E-state index in [1.807, 2.05) is 44.9 Å². The van der Waals surface area contributed by atoms with E-state index in [1.165, 1.54) is 0 Å². The summed E-state index contributed by atoms with van der Waals surface area (Å²) in [5, 5.41) is 8.82. The number of hydrogen-bond donors (Lipinski definition) is 0. The van der Waals surface area contributed by atoms with Gasteiger partial charge in [0.15, 0.2) is 0 Å². The second kappa shape index (κ2) is 6.99. The van der Waals surface area contributed by atoms with Gasteiger partial charge in [-0.05, 0) is 30.9 Å². The number of rotatable bonds is 3. The quantitative estimate of drug-likeness (QED) is 0.860. The second-order valence-electron chi connectivity index (χ2n) is 7.38. The third-order valence-electron chi connectivity index (χ3n) is 4.34. The average Bonchev–Trinajstić information content (AvgIpc) is 2.54. The predicted octanol–water partition coefficient (Wildman–Crippen LogP) is 2.67. The van der Waals surface area contributed by atoms with Crippen LogP contribution in [-0.2, 0) is 4.79 Å². The first-order valence-electron chi connectivity index (χ1n) is 8.18. The summed E-state index contributed by atoms with van der Waals surface area (Å²) in [5.41, 5.74) is 0.271. The minimum Gasteiger partial charge on any atom is -0.357 e. The van der Waals surface area contributed by atoms with Crippen LogP contribution in [0, 0.1) is 22.7 Å². The Hall–Kier alpha value is -2.09. The Morgan fingerprint density at radius 1 is 1.39 bits per heavy atom. The molecule has 1 aliphatic rings. The molecule has 0 atom stereocenters. The monoisotopic (exact) mass is 314 g/mol. The molecule has 5 nitrogen and oxygen atoms in total. The van der Waals surface area contributed by atoms with Crippen LogP contribution in [0.2, 0.25) is 0 Å². The zero-order chi connectivity index (χ0) is 17.0. The SMILES string of the molecule is CN(CC1CCN(c2ccc(C#N)cn2)CC1)C(=O)C(C)(C)C. The highest BCUT2D eigenvalue weighted by molar-refractivity contribution is 5.81. The van der Waals surface area contributed by atoms with Crippen LogP contribution in [-0.4, -0.2) is 42.5 Å². The van der Waals surface area contributed by atoms with Gasteiger partial charge in [-0.1, -0.05) is 20.8 Å².